The Morgan fingerprint density at radius 3 is 2.33 bits per heavy atom. The van der Waals surface area contributed by atoms with Crippen LogP contribution in [0.3, 0.4) is 0 Å². The molecule has 0 aromatic heterocycles. The molecule has 1 aromatic carbocycles. The van der Waals surface area contributed by atoms with Crippen LogP contribution in [-0.2, 0) is 9.59 Å². The van der Waals surface area contributed by atoms with E-state index in [0.29, 0.717) is 44.2 Å². The van der Waals surface area contributed by atoms with Crippen molar-refractivity contribution in [3.05, 3.63) is 30.3 Å². The third-order valence-corrected chi connectivity index (χ3v) is 6.87. The lowest BCUT2D eigenvalue weighted by atomic mass is 9.92. The number of carbonyl (C=O) groups is 2. The van der Waals surface area contributed by atoms with Crippen LogP contribution in [0.5, 0.6) is 5.75 Å². The third-order valence-electron chi connectivity index (χ3n) is 6.87. The van der Waals surface area contributed by atoms with Crippen LogP contribution >= 0.6 is 12.4 Å². The number of ether oxygens (including phenoxy) is 1. The number of nitrogens with one attached hydrogen (secondary N) is 1. The van der Waals surface area contributed by atoms with Crippen molar-refractivity contribution in [2.75, 3.05) is 26.7 Å². The highest BCUT2D eigenvalue weighted by Crippen LogP contribution is 2.31. The summed E-state index contributed by atoms with van der Waals surface area (Å²) in [4.78, 5) is 29.4. The molecule has 3 aliphatic heterocycles. The van der Waals surface area contributed by atoms with E-state index in [1.807, 2.05) is 47.2 Å². The van der Waals surface area contributed by atoms with E-state index in [9.17, 15) is 9.59 Å². The van der Waals surface area contributed by atoms with Crippen LogP contribution < -0.4 is 10.1 Å². The number of fused-ring (bicyclic) bond motifs is 2. The highest BCUT2D eigenvalue weighted by atomic mass is 35.5. The van der Waals surface area contributed by atoms with Crippen molar-refractivity contribution in [3.8, 4) is 5.75 Å². The molecule has 30 heavy (non-hydrogen) atoms. The zero-order valence-electron chi connectivity index (χ0n) is 17.8. The van der Waals surface area contributed by atoms with Crippen LogP contribution in [0.25, 0.3) is 0 Å². The Balaban J connectivity index is 0.00000256. The minimum Gasteiger partial charge on any atom is -0.493 e. The van der Waals surface area contributed by atoms with Gasteiger partial charge in [-0.2, -0.15) is 0 Å². The van der Waals surface area contributed by atoms with E-state index in [0.717, 1.165) is 31.4 Å². The number of rotatable bonds is 6. The first-order valence-corrected chi connectivity index (χ1v) is 11.1. The largest absolute Gasteiger partial charge is 0.493 e. The first kappa shape index (κ1) is 22.9. The van der Waals surface area contributed by atoms with Crippen molar-refractivity contribution < 1.29 is 14.3 Å². The summed E-state index contributed by atoms with van der Waals surface area (Å²) in [6, 6.07) is 11.1. The summed E-state index contributed by atoms with van der Waals surface area (Å²) >= 11 is 0. The maximum absolute atomic E-state index is 13.0. The molecule has 7 heteroatoms. The Morgan fingerprint density at radius 2 is 1.70 bits per heavy atom. The fourth-order valence-corrected chi connectivity index (χ4v) is 5.12. The average molecular weight is 436 g/mol. The van der Waals surface area contributed by atoms with Gasteiger partial charge in [0.25, 0.3) is 0 Å². The highest BCUT2D eigenvalue weighted by molar-refractivity contribution is 5.85. The van der Waals surface area contributed by atoms with Crippen molar-refractivity contribution >= 4 is 24.2 Å². The van der Waals surface area contributed by atoms with Crippen molar-refractivity contribution in [2.24, 2.45) is 5.92 Å². The van der Waals surface area contributed by atoms with E-state index < -0.39 is 0 Å². The number of hydrogen-bond acceptors (Lipinski definition) is 4. The van der Waals surface area contributed by atoms with Crippen LogP contribution in [0, 0.1) is 5.92 Å². The fourth-order valence-electron chi connectivity index (χ4n) is 5.12. The van der Waals surface area contributed by atoms with Crippen LogP contribution in [0.2, 0.25) is 0 Å². The second kappa shape index (κ2) is 10.5. The monoisotopic (exact) mass is 435 g/mol. The van der Waals surface area contributed by atoms with Gasteiger partial charge in [-0.15, -0.1) is 12.4 Å². The fraction of sp³-hybridized carbons (Fsp3) is 0.652. The molecule has 2 bridgehead atoms. The lowest BCUT2D eigenvalue weighted by Gasteiger charge is -2.39. The molecule has 2 amide bonds. The molecule has 3 saturated heterocycles. The van der Waals surface area contributed by atoms with Gasteiger partial charge in [0.05, 0.1) is 13.0 Å². The van der Waals surface area contributed by atoms with Gasteiger partial charge in [-0.05, 0) is 50.7 Å². The van der Waals surface area contributed by atoms with Crippen molar-refractivity contribution in [3.63, 3.8) is 0 Å². The highest BCUT2D eigenvalue weighted by Gasteiger charge is 2.38. The summed E-state index contributed by atoms with van der Waals surface area (Å²) in [6.45, 7) is 1.74. The number of nitrogens with zero attached hydrogens (tertiary/aromatic N) is 2. The molecule has 3 fully saturated rings. The molecular formula is C23H34ClN3O3. The molecule has 3 aliphatic rings. The van der Waals surface area contributed by atoms with Gasteiger partial charge in [0.15, 0.2) is 0 Å². The summed E-state index contributed by atoms with van der Waals surface area (Å²) in [7, 11) is 1.98. The lowest BCUT2D eigenvalue weighted by Crippen LogP contribution is -2.51. The van der Waals surface area contributed by atoms with Crippen molar-refractivity contribution in [2.45, 2.75) is 63.1 Å². The average Bonchev–Trinajstić information content (AvgIpc) is 3.11. The first-order valence-electron chi connectivity index (χ1n) is 11.1. The molecule has 0 aliphatic carbocycles. The van der Waals surface area contributed by atoms with Gasteiger partial charge in [-0.25, -0.2) is 0 Å². The second-order valence-electron chi connectivity index (χ2n) is 8.78. The Labute approximate surface area is 185 Å². The standard InChI is InChI=1S/C23H33N3O3.ClH/c1-25(20-15-18-7-8-19(16-20)24-18)23(28)17-9-12-26(13-10-17)22(27)11-14-29-21-5-3-2-4-6-21;/h2-6,17-20,24H,7-16H2,1H3;1H. The number of piperidine rings is 2. The second-order valence-corrected chi connectivity index (χ2v) is 8.78. The van der Waals surface area contributed by atoms with E-state index in [-0.39, 0.29) is 30.1 Å². The summed E-state index contributed by atoms with van der Waals surface area (Å²) < 4.78 is 5.63. The number of halogens is 1. The number of likely N-dealkylation sites (tertiary alicyclic amines) is 1. The normalized spacial score (nSPS) is 26.0. The maximum Gasteiger partial charge on any atom is 0.225 e. The third kappa shape index (κ3) is 5.46. The molecule has 0 saturated carbocycles. The van der Waals surface area contributed by atoms with Gasteiger partial charge in [0, 0.05) is 44.2 Å². The summed E-state index contributed by atoms with van der Waals surface area (Å²) in [5.74, 6) is 1.24. The van der Waals surface area contributed by atoms with Crippen LogP contribution in [-0.4, -0.2) is 66.5 Å². The van der Waals surface area contributed by atoms with Gasteiger partial charge in [0.1, 0.15) is 5.75 Å². The van der Waals surface area contributed by atoms with Gasteiger partial charge in [-0.1, -0.05) is 18.2 Å². The van der Waals surface area contributed by atoms with E-state index in [1.54, 1.807) is 0 Å². The van der Waals surface area contributed by atoms with Crippen LogP contribution in [0.15, 0.2) is 30.3 Å². The van der Waals surface area contributed by atoms with E-state index >= 15 is 0 Å². The van der Waals surface area contributed by atoms with E-state index in [2.05, 4.69) is 5.32 Å². The van der Waals surface area contributed by atoms with Crippen molar-refractivity contribution in [1.29, 1.82) is 0 Å². The number of hydrogen-bond donors (Lipinski definition) is 1. The van der Waals surface area contributed by atoms with Gasteiger partial charge in [0.2, 0.25) is 11.8 Å². The molecular weight excluding hydrogens is 402 g/mol. The van der Waals surface area contributed by atoms with Crippen LogP contribution in [0.4, 0.5) is 0 Å². The number of para-hydroxylation sites is 1. The number of carbonyl (C=O) groups excluding carboxylic acids is 2. The Kier molecular flexibility index (Phi) is 8.00. The Hall–Kier alpha value is -1.79. The van der Waals surface area contributed by atoms with E-state index in [1.165, 1.54) is 12.8 Å². The quantitative estimate of drug-likeness (QED) is 0.746. The Bertz CT molecular complexity index is 697. The summed E-state index contributed by atoms with van der Waals surface area (Å²) in [5.41, 5.74) is 0. The predicted octanol–water partition coefficient (Wildman–Crippen LogP) is 2.86. The molecule has 6 nitrogen and oxygen atoms in total. The topological polar surface area (TPSA) is 61.9 Å². The van der Waals surface area contributed by atoms with Crippen molar-refractivity contribution in [1.82, 2.24) is 15.1 Å². The molecule has 3 heterocycles. The molecule has 2 atom stereocenters. The molecule has 0 radical (unpaired) electrons. The predicted molar refractivity (Wildman–Crippen MR) is 119 cm³/mol. The summed E-state index contributed by atoms with van der Waals surface area (Å²) in [6.07, 6.45) is 6.58. The molecule has 2 unspecified atom stereocenters. The number of benzene rings is 1. The Morgan fingerprint density at radius 1 is 1.07 bits per heavy atom. The van der Waals surface area contributed by atoms with Gasteiger partial charge in [-0.3, -0.25) is 9.59 Å². The molecule has 0 spiro atoms. The smallest absolute Gasteiger partial charge is 0.225 e. The molecule has 1 aromatic rings. The SMILES string of the molecule is CN(C(=O)C1CCN(C(=O)CCOc2ccccc2)CC1)C1CC2CCC(C1)N2.Cl. The zero-order valence-corrected chi connectivity index (χ0v) is 18.6. The van der Waals surface area contributed by atoms with Crippen LogP contribution in [0.1, 0.15) is 44.9 Å². The lowest BCUT2D eigenvalue weighted by molar-refractivity contribution is -0.142. The minimum absolute atomic E-state index is 0. The zero-order chi connectivity index (χ0) is 20.2. The molecule has 1 N–H and O–H groups in total. The van der Waals surface area contributed by atoms with Gasteiger partial charge >= 0.3 is 0 Å². The van der Waals surface area contributed by atoms with Gasteiger partial charge < -0.3 is 19.9 Å². The number of amides is 2. The molecule has 4 rings (SSSR count). The first-order chi connectivity index (χ1) is 14.1. The summed E-state index contributed by atoms with van der Waals surface area (Å²) in [5, 5.41) is 3.65. The molecule has 166 valence electrons. The maximum atomic E-state index is 13.0. The minimum atomic E-state index is 0. The van der Waals surface area contributed by atoms with E-state index in [4.69, 9.17) is 4.74 Å².